The Kier molecular flexibility index (Phi) is 6.50. The minimum absolute atomic E-state index is 0.205. The topological polar surface area (TPSA) is 94.1 Å². The van der Waals surface area contributed by atoms with Gasteiger partial charge in [-0.1, -0.05) is 18.5 Å². The Bertz CT molecular complexity index is 642. The normalized spacial score (nSPS) is 16.1. The quantitative estimate of drug-likeness (QED) is 0.764. The van der Waals surface area contributed by atoms with Gasteiger partial charge in [0.2, 0.25) is 0 Å². The summed E-state index contributed by atoms with van der Waals surface area (Å²) in [4.78, 5) is 24.3. The summed E-state index contributed by atoms with van der Waals surface area (Å²) in [6.45, 7) is 2.98. The van der Waals surface area contributed by atoms with Gasteiger partial charge in [-0.25, -0.2) is 4.79 Å². The number of amides is 1. The summed E-state index contributed by atoms with van der Waals surface area (Å²) >= 11 is 6.21. The van der Waals surface area contributed by atoms with E-state index in [1.807, 2.05) is 6.92 Å². The first-order valence-electron chi connectivity index (χ1n) is 8.07. The molecule has 0 saturated carbocycles. The first-order valence-corrected chi connectivity index (χ1v) is 8.45. The van der Waals surface area contributed by atoms with Crippen LogP contribution in [0.3, 0.4) is 0 Å². The fraction of sp³-hybridized carbons (Fsp3) is 0.529. The second-order valence-electron chi connectivity index (χ2n) is 5.79. The highest BCUT2D eigenvalue weighted by Gasteiger charge is 2.41. The third-order valence-electron chi connectivity index (χ3n) is 4.05. The third-order valence-corrected chi connectivity index (χ3v) is 4.33. The van der Waals surface area contributed by atoms with E-state index in [2.05, 4.69) is 5.32 Å². The summed E-state index contributed by atoms with van der Waals surface area (Å²) in [5, 5.41) is 12.4. The van der Waals surface area contributed by atoms with Gasteiger partial charge in [0, 0.05) is 31.6 Å². The van der Waals surface area contributed by atoms with Crippen molar-refractivity contribution < 1.29 is 28.9 Å². The molecule has 7 nitrogen and oxygen atoms in total. The molecule has 1 fully saturated rings. The number of rotatable bonds is 7. The molecule has 1 aliphatic heterocycles. The fourth-order valence-electron chi connectivity index (χ4n) is 2.60. The number of nitrogens with one attached hydrogen (secondary N) is 1. The van der Waals surface area contributed by atoms with Crippen LogP contribution in [-0.4, -0.2) is 49.5 Å². The number of hydrogen-bond acceptors (Lipinski definition) is 5. The van der Waals surface area contributed by atoms with Crippen molar-refractivity contribution in [1.82, 2.24) is 5.32 Å². The van der Waals surface area contributed by atoms with E-state index in [-0.39, 0.29) is 36.6 Å². The zero-order valence-corrected chi connectivity index (χ0v) is 15.0. The molecule has 0 radical (unpaired) electrons. The lowest BCUT2D eigenvalue weighted by atomic mass is 9.89. The van der Waals surface area contributed by atoms with Gasteiger partial charge in [0.1, 0.15) is 5.54 Å². The van der Waals surface area contributed by atoms with Crippen molar-refractivity contribution in [2.24, 2.45) is 0 Å². The lowest BCUT2D eigenvalue weighted by Gasteiger charge is -2.33. The number of carboxylic acid groups (broad SMARTS) is 1. The van der Waals surface area contributed by atoms with Gasteiger partial charge >= 0.3 is 5.97 Å². The number of carbonyl (C=O) groups excluding carboxylic acids is 1. The second kappa shape index (κ2) is 8.40. The zero-order valence-electron chi connectivity index (χ0n) is 14.3. The molecule has 2 rings (SSSR count). The molecular formula is C17H22ClNO6. The van der Waals surface area contributed by atoms with Crippen LogP contribution in [0.4, 0.5) is 0 Å². The predicted molar refractivity (Wildman–Crippen MR) is 91.7 cm³/mol. The molecular weight excluding hydrogens is 350 g/mol. The van der Waals surface area contributed by atoms with Gasteiger partial charge < -0.3 is 24.6 Å². The Hall–Kier alpha value is -1.99. The molecule has 1 aromatic carbocycles. The van der Waals surface area contributed by atoms with Gasteiger partial charge in [-0.2, -0.15) is 0 Å². The van der Waals surface area contributed by atoms with E-state index in [9.17, 15) is 14.7 Å². The lowest BCUT2D eigenvalue weighted by molar-refractivity contribution is -0.148. The van der Waals surface area contributed by atoms with Crippen LogP contribution in [0, 0.1) is 0 Å². The molecule has 0 aromatic heterocycles. The monoisotopic (exact) mass is 371 g/mol. The SMILES string of the molecule is CCCOc1c(Cl)cc(C(=O)NC2(C(=O)O)CCOCC2)cc1OC. The number of halogens is 1. The number of carboxylic acids is 1. The second-order valence-corrected chi connectivity index (χ2v) is 6.20. The minimum Gasteiger partial charge on any atom is -0.493 e. The first-order chi connectivity index (χ1) is 11.9. The van der Waals surface area contributed by atoms with E-state index in [1.54, 1.807) is 0 Å². The number of hydrogen-bond donors (Lipinski definition) is 2. The number of methoxy groups -OCH3 is 1. The van der Waals surface area contributed by atoms with Gasteiger partial charge in [-0.3, -0.25) is 4.79 Å². The Labute approximate surface area is 151 Å². The summed E-state index contributed by atoms with van der Waals surface area (Å²) in [6, 6.07) is 2.93. The maximum absolute atomic E-state index is 12.6. The van der Waals surface area contributed by atoms with Crippen LogP contribution in [0.2, 0.25) is 5.02 Å². The van der Waals surface area contributed by atoms with Crippen molar-refractivity contribution in [2.45, 2.75) is 31.7 Å². The molecule has 0 aliphatic carbocycles. The summed E-state index contributed by atoms with van der Waals surface area (Å²) in [5.41, 5.74) is -1.13. The summed E-state index contributed by atoms with van der Waals surface area (Å²) in [5.74, 6) is -0.930. The van der Waals surface area contributed by atoms with Crippen molar-refractivity contribution in [3.05, 3.63) is 22.7 Å². The maximum Gasteiger partial charge on any atom is 0.329 e. The molecule has 1 aromatic rings. The molecule has 0 unspecified atom stereocenters. The van der Waals surface area contributed by atoms with E-state index in [0.29, 0.717) is 18.1 Å². The molecule has 8 heteroatoms. The van der Waals surface area contributed by atoms with Crippen LogP contribution in [-0.2, 0) is 9.53 Å². The molecule has 0 spiro atoms. The maximum atomic E-state index is 12.6. The van der Waals surface area contributed by atoms with Gasteiger partial charge in [-0.15, -0.1) is 0 Å². The highest BCUT2D eigenvalue weighted by atomic mass is 35.5. The van der Waals surface area contributed by atoms with Crippen molar-refractivity contribution in [3.8, 4) is 11.5 Å². The number of ether oxygens (including phenoxy) is 3. The largest absolute Gasteiger partial charge is 0.493 e. The van der Waals surface area contributed by atoms with E-state index < -0.39 is 17.4 Å². The molecule has 0 bridgehead atoms. The average molecular weight is 372 g/mol. The van der Waals surface area contributed by atoms with Crippen LogP contribution in [0.15, 0.2) is 12.1 Å². The van der Waals surface area contributed by atoms with Gasteiger partial charge in [0.25, 0.3) is 5.91 Å². The van der Waals surface area contributed by atoms with Crippen LogP contribution in [0.25, 0.3) is 0 Å². The molecule has 1 heterocycles. The van der Waals surface area contributed by atoms with Crippen LogP contribution in [0.1, 0.15) is 36.5 Å². The molecule has 2 N–H and O–H groups in total. The molecule has 138 valence electrons. The molecule has 0 atom stereocenters. The highest BCUT2D eigenvalue weighted by Crippen LogP contribution is 2.36. The molecule has 1 saturated heterocycles. The average Bonchev–Trinajstić information content (AvgIpc) is 2.60. The Morgan fingerprint density at radius 2 is 2.04 bits per heavy atom. The fourth-order valence-corrected chi connectivity index (χ4v) is 2.86. The zero-order chi connectivity index (χ0) is 18.4. The Morgan fingerprint density at radius 3 is 2.60 bits per heavy atom. The standard InChI is InChI=1S/C17H22ClNO6/c1-3-6-25-14-12(18)9-11(10-13(14)23-2)15(20)19-17(16(21)22)4-7-24-8-5-17/h9-10H,3-8H2,1-2H3,(H,19,20)(H,21,22). The smallest absolute Gasteiger partial charge is 0.329 e. The Morgan fingerprint density at radius 1 is 1.36 bits per heavy atom. The summed E-state index contributed by atoms with van der Waals surface area (Å²) in [7, 11) is 1.45. The minimum atomic E-state index is -1.34. The predicted octanol–water partition coefficient (Wildman–Crippen LogP) is 2.50. The summed E-state index contributed by atoms with van der Waals surface area (Å²) in [6.07, 6.45) is 1.21. The number of carbonyl (C=O) groups is 2. The van der Waals surface area contributed by atoms with Gasteiger partial charge in [0.15, 0.2) is 11.5 Å². The lowest BCUT2D eigenvalue weighted by Crippen LogP contribution is -2.57. The van der Waals surface area contributed by atoms with Crippen LogP contribution >= 0.6 is 11.6 Å². The van der Waals surface area contributed by atoms with E-state index >= 15 is 0 Å². The molecule has 1 amide bonds. The van der Waals surface area contributed by atoms with Crippen molar-refractivity contribution >= 4 is 23.5 Å². The van der Waals surface area contributed by atoms with E-state index in [0.717, 1.165) is 6.42 Å². The first kappa shape index (κ1) is 19.3. The molecule has 1 aliphatic rings. The number of benzene rings is 1. The number of aliphatic carboxylic acids is 1. The van der Waals surface area contributed by atoms with Crippen LogP contribution < -0.4 is 14.8 Å². The van der Waals surface area contributed by atoms with Crippen molar-refractivity contribution in [3.63, 3.8) is 0 Å². The third kappa shape index (κ3) is 4.35. The van der Waals surface area contributed by atoms with E-state index in [1.165, 1.54) is 19.2 Å². The highest BCUT2D eigenvalue weighted by molar-refractivity contribution is 6.32. The summed E-state index contributed by atoms with van der Waals surface area (Å²) < 4.78 is 16.0. The van der Waals surface area contributed by atoms with Crippen molar-refractivity contribution in [2.75, 3.05) is 26.9 Å². The van der Waals surface area contributed by atoms with Gasteiger partial charge in [-0.05, 0) is 18.6 Å². The Balaban J connectivity index is 2.26. The molecule has 25 heavy (non-hydrogen) atoms. The van der Waals surface area contributed by atoms with E-state index in [4.69, 9.17) is 25.8 Å². The van der Waals surface area contributed by atoms with Crippen LogP contribution in [0.5, 0.6) is 11.5 Å². The van der Waals surface area contributed by atoms with Crippen molar-refractivity contribution in [1.29, 1.82) is 0 Å². The van der Waals surface area contributed by atoms with Gasteiger partial charge in [0.05, 0.1) is 18.7 Å².